The van der Waals surface area contributed by atoms with Crippen LogP contribution in [0.25, 0.3) is 0 Å². The summed E-state index contributed by atoms with van der Waals surface area (Å²) >= 11 is 7.99. The van der Waals surface area contributed by atoms with Crippen LogP contribution >= 0.6 is 22.9 Å². The third-order valence-corrected chi connectivity index (χ3v) is 6.44. The van der Waals surface area contributed by atoms with Crippen molar-refractivity contribution in [2.45, 2.75) is 56.7 Å². The van der Waals surface area contributed by atoms with Crippen molar-refractivity contribution in [3.05, 3.63) is 20.8 Å². The van der Waals surface area contributed by atoms with Gasteiger partial charge in [-0.1, -0.05) is 11.6 Å². The Morgan fingerprint density at radius 2 is 2.16 bits per heavy atom. The number of hydrogen-bond acceptors (Lipinski definition) is 3. The van der Waals surface area contributed by atoms with Crippen molar-refractivity contribution >= 4 is 22.9 Å². The number of nitrogens with one attached hydrogen (secondary N) is 1. The van der Waals surface area contributed by atoms with E-state index < -0.39 is 0 Å². The third-order valence-electron chi connectivity index (χ3n) is 5.10. The molecule has 2 nitrogen and oxygen atoms in total. The first-order valence-corrected chi connectivity index (χ1v) is 8.79. The van der Waals surface area contributed by atoms with Gasteiger partial charge in [-0.3, -0.25) is 4.90 Å². The molecule has 1 N–H and O–H groups in total. The van der Waals surface area contributed by atoms with E-state index in [0.29, 0.717) is 12.1 Å². The molecule has 2 aliphatic heterocycles. The number of halogens is 1. The fourth-order valence-corrected chi connectivity index (χ4v) is 5.61. The van der Waals surface area contributed by atoms with Gasteiger partial charge in [-0.25, -0.2) is 0 Å². The predicted octanol–water partition coefficient (Wildman–Crippen LogP) is 3.61. The Hall–Kier alpha value is -0.0900. The Morgan fingerprint density at radius 3 is 3.11 bits per heavy atom. The summed E-state index contributed by atoms with van der Waals surface area (Å²) in [5.41, 5.74) is 1.50. The molecule has 0 aromatic carbocycles. The summed E-state index contributed by atoms with van der Waals surface area (Å²) in [6.45, 7) is 2.62. The topological polar surface area (TPSA) is 15.3 Å². The highest BCUT2D eigenvalue weighted by molar-refractivity contribution is 7.16. The van der Waals surface area contributed by atoms with Gasteiger partial charge in [0.05, 0.1) is 4.34 Å². The molecule has 0 saturated carbocycles. The molecule has 1 aliphatic carbocycles. The van der Waals surface area contributed by atoms with Crippen molar-refractivity contribution in [1.82, 2.24) is 10.2 Å². The molecule has 1 aromatic heterocycles. The molecular weight excluding hydrogens is 276 g/mol. The van der Waals surface area contributed by atoms with E-state index in [2.05, 4.69) is 16.3 Å². The van der Waals surface area contributed by atoms with Gasteiger partial charge in [0, 0.05) is 29.5 Å². The zero-order valence-electron chi connectivity index (χ0n) is 11.2. The molecule has 1 aromatic rings. The van der Waals surface area contributed by atoms with Crippen molar-refractivity contribution in [3.8, 4) is 0 Å². The first-order chi connectivity index (χ1) is 9.31. The molecule has 3 aliphatic rings. The van der Waals surface area contributed by atoms with Crippen LogP contribution in [-0.2, 0) is 6.42 Å². The molecule has 2 saturated heterocycles. The Balaban J connectivity index is 1.51. The van der Waals surface area contributed by atoms with Gasteiger partial charge in [0.1, 0.15) is 0 Å². The number of thiophene rings is 1. The van der Waals surface area contributed by atoms with Crippen molar-refractivity contribution < 1.29 is 0 Å². The van der Waals surface area contributed by atoms with Gasteiger partial charge in [-0.15, -0.1) is 11.3 Å². The molecule has 4 heteroatoms. The maximum atomic E-state index is 6.20. The monoisotopic (exact) mass is 296 g/mol. The normalized spacial score (nSPS) is 34.5. The van der Waals surface area contributed by atoms with Gasteiger partial charge in [-0.2, -0.15) is 0 Å². The highest BCUT2D eigenvalue weighted by Gasteiger charge is 2.38. The van der Waals surface area contributed by atoms with Crippen LogP contribution in [0.3, 0.4) is 0 Å². The average molecular weight is 297 g/mol. The summed E-state index contributed by atoms with van der Waals surface area (Å²) in [6.07, 6.45) is 7.93. The molecule has 0 radical (unpaired) electrons. The molecule has 3 heterocycles. The van der Waals surface area contributed by atoms with E-state index in [1.54, 1.807) is 11.3 Å². The lowest BCUT2D eigenvalue weighted by Gasteiger charge is -2.30. The maximum absolute atomic E-state index is 6.20. The summed E-state index contributed by atoms with van der Waals surface area (Å²) in [5.74, 6) is 0. The zero-order valence-corrected chi connectivity index (χ0v) is 12.8. The molecule has 0 bridgehead atoms. The lowest BCUT2D eigenvalue weighted by Crippen LogP contribution is -2.41. The molecule has 4 rings (SSSR count). The van der Waals surface area contributed by atoms with Crippen LogP contribution in [0.1, 0.15) is 48.6 Å². The Morgan fingerprint density at radius 1 is 1.21 bits per heavy atom. The average Bonchev–Trinajstić information content (AvgIpc) is 3.05. The molecular formula is C15H21ClN2S. The van der Waals surface area contributed by atoms with E-state index in [4.69, 9.17) is 11.6 Å². The van der Waals surface area contributed by atoms with E-state index in [-0.39, 0.29) is 0 Å². The second kappa shape index (κ2) is 5.03. The van der Waals surface area contributed by atoms with Crippen LogP contribution in [-0.4, -0.2) is 30.1 Å². The molecule has 2 fully saturated rings. The zero-order chi connectivity index (χ0) is 12.8. The molecule has 0 amide bonds. The van der Waals surface area contributed by atoms with Crippen LogP contribution in [0, 0.1) is 0 Å². The molecule has 19 heavy (non-hydrogen) atoms. The third kappa shape index (κ3) is 2.25. The van der Waals surface area contributed by atoms with Gasteiger partial charge in [-0.05, 0) is 56.7 Å². The minimum atomic E-state index is 0.554. The highest BCUT2D eigenvalue weighted by atomic mass is 35.5. The summed E-state index contributed by atoms with van der Waals surface area (Å²) in [4.78, 5) is 4.21. The first-order valence-electron chi connectivity index (χ1n) is 7.59. The largest absolute Gasteiger partial charge is 0.306 e. The van der Waals surface area contributed by atoms with Crippen LogP contribution in [0.4, 0.5) is 0 Å². The summed E-state index contributed by atoms with van der Waals surface area (Å²) < 4.78 is 0.965. The highest BCUT2D eigenvalue weighted by Crippen LogP contribution is 2.39. The standard InChI is InChI=1S/C15H21ClN2S/c16-15-9-10-11(3-1-5-14(10)19-15)17-12-6-8-18-7-2-4-13(12)18/h9,11-13,17H,1-8H2. The van der Waals surface area contributed by atoms with Crippen molar-refractivity contribution in [2.24, 2.45) is 0 Å². The molecule has 0 spiro atoms. The van der Waals surface area contributed by atoms with Gasteiger partial charge in [0.15, 0.2) is 0 Å². The van der Waals surface area contributed by atoms with Crippen LogP contribution in [0.15, 0.2) is 6.07 Å². The van der Waals surface area contributed by atoms with Gasteiger partial charge in [0.2, 0.25) is 0 Å². The SMILES string of the molecule is Clc1cc2c(s1)CCCC2NC1CCN2CCCC12. The minimum Gasteiger partial charge on any atom is -0.306 e. The maximum Gasteiger partial charge on any atom is 0.0934 e. The second-order valence-corrected chi connectivity index (χ2v) is 7.95. The molecule has 3 atom stereocenters. The fourth-order valence-electron chi connectivity index (χ4n) is 4.23. The van der Waals surface area contributed by atoms with Gasteiger partial charge < -0.3 is 5.32 Å². The fraction of sp³-hybridized carbons (Fsp3) is 0.733. The van der Waals surface area contributed by atoms with Gasteiger partial charge in [0.25, 0.3) is 0 Å². The first kappa shape index (κ1) is 12.6. The van der Waals surface area contributed by atoms with Crippen LogP contribution in [0.5, 0.6) is 0 Å². The number of nitrogens with zero attached hydrogens (tertiary/aromatic N) is 1. The molecule has 104 valence electrons. The van der Waals surface area contributed by atoms with E-state index in [1.807, 2.05) is 0 Å². The predicted molar refractivity (Wildman–Crippen MR) is 81.1 cm³/mol. The minimum absolute atomic E-state index is 0.554. The molecule has 3 unspecified atom stereocenters. The number of aryl methyl sites for hydroxylation is 1. The van der Waals surface area contributed by atoms with Crippen LogP contribution in [0.2, 0.25) is 4.34 Å². The van der Waals surface area contributed by atoms with E-state index in [9.17, 15) is 0 Å². The Labute approximate surface area is 124 Å². The van der Waals surface area contributed by atoms with E-state index in [1.165, 1.54) is 62.1 Å². The van der Waals surface area contributed by atoms with Crippen molar-refractivity contribution in [2.75, 3.05) is 13.1 Å². The van der Waals surface area contributed by atoms with E-state index in [0.717, 1.165) is 10.4 Å². The second-order valence-electron chi connectivity index (χ2n) is 6.18. The number of fused-ring (bicyclic) bond motifs is 2. The number of rotatable bonds is 2. The lowest BCUT2D eigenvalue weighted by molar-refractivity contribution is 0.283. The number of hydrogen-bond donors (Lipinski definition) is 1. The Bertz CT molecular complexity index is 473. The Kier molecular flexibility index (Phi) is 3.34. The van der Waals surface area contributed by atoms with Gasteiger partial charge >= 0.3 is 0 Å². The summed E-state index contributed by atoms with van der Waals surface area (Å²) in [5, 5.41) is 3.97. The van der Waals surface area contributed by atoms with Crippen molar-refractivity contribution in [1.29, 1.82) is 0 Å². The van der Waals surface area contributed by atoms with Crippen molar-refractivity contribution in [3.63, 3.8) is 0 Å². The van der Waals surface area contributed by atoms with E-state index >= 15 is 0 Å². The quantitative estimate of drug-likeness (QED) is 0.897. The van der Waals surface area contributed by atoms with Crippen LogP contribution < -0.4 is 5.32 Å². The smallest absolute Gasteiger partial charge is 0.0934 e. The summed E-state index contributed by atoms with van der Waals surface area (Å²) in [6, 6.07) is 4.27. The summed E-state index contributed by atoms with van der Waals surface area (Å²) in [7, 11) is 0. The lowest BCUT2D eigenvalue weighted by atomic mass is 9.92.